The number of rotatable bonds is 4. The van der Waals surface area contributed by atoms with Crippen LogP contribution in [-0.4, -0.2) is 62.3 Å². The molecule has 0 saturated carbocycles. The molecule has 0 aromatic heterocycles. The van der Waals surface area contributed by atoms with Crippen molar-refractivity contribution in [2.45, 2.75) is 63.0 Å². The number of hydrogen-bond donors (Lipinski definition) is 5. The lowest BCUT2D eigenvalue weighted by atomic mass is 9.93. The Kier molecular flexibility index (Phi) is 5.10. The molecule has 0 aromatic carbocycles. The van der Waals surface area contributed by atoms with Crippen LogP contribution in [0.15, 0.2) is 0 Å². The topological polar surface area (TPSA) is 110 Å². The Morgan fingerprint density at radius 2 is 1.69 bits per heavy atom. The molecule has 0 radical (unpaired) electrons. The fourth-order valence-electron chi connectivity index (χ4n) is 1.78. The van der Waals surface area contributed by atoms with E-state index in [2.05, 4.69) is 0 Å². The molecule has 0 aromatic rings. The summed E-state index contributed by atoms with van der Waals surface area (Å²) < 4.78 is 4.89. The number of aliphatic hydroxyl groups excluding tert-OH is 5. The Labute approximate surface area is 94.1 Å². The third kappa shape index (κ3) is 2.91. The average molecular weight is 236 g/mol. The van der Waals surface area contributed by atoms with Crippen LogP contribution >= 0.6 is 0 Å². The van der Waals surface area contributed by atoms with Crippen molar-refractivity contribution >= 4 is 0 Å². The maximum absolute atomic E-state index is 9.71. The molecular weight excluding hydrogens is 216 g/mol. The molecule has 6 heteroatoms. The zero-order valence-corrected chi connectivity index (χ0v) is 9.23. The number of unbranched alkanes of at least 4 members (excludes halogenated alkanes) is 1. The van der Waals surface area contributed by atoms with Crippen molar-refractivity contribution in [3.63, 3.8) is 0 Å². The van der Waals surface area contributed by atoms with Crippen molar-refractivity contribution in [2.24, 2.45) is 0 Å². The van der Waals surface area contributed by atoms with Crippen LogP contribution in [0.2, 0.25) is 0 Å². The van der Waals surface area contributed by atoms with Crippen LogP contribution < -0.4 is 0 Å². The predicted molar refractivity (Wildman–Crippen MR) is 54.4 cm³/mol. The highest BCUT2D eigenvalue weighted by molar-refractivity contribution is 4.91. The van der Waals surface area contributed by atoms with Gasteiger partial charge in [-0.1, -0.05) is 19.8 Å². The second kappa shape index (κ2) is 5.90. The van der Waals surface area contributed by atoms with Crippen LogP contribution in [0.3, 0.4) is 0 Å². The summed E-state index contributed by atoms with van der Waals surface area (Å²) in [6.45, 7) is 1.96. The Morgan fingerprint density at radius 3 is 2.25 bits per heavy atom. The zero-order valence-electron chi connectivity index (χ0n) is 9.23. The minimum atomic E-state index is -1.58. The van der Waals surface area contributed by atoms with E-state index in [0.717, 1.165) is 12.8 Å². The van der Waals surface area contributed by atoms with Gasteiger partial charge >= 0.3 is 0 Å². The van der Waals surface area contributed by atoms with Crippen LogP contribution in [0.4, 0.5) is 0 Å². The largest absolute Gasteiger partial charge is 0.390 e. The summed E-state index contributed by atoms with van der Waals surface area (Å²) in [6.07, 6.45) is -6.03. The van der Waals surface area contributed by atoms with Gasteiger partial charge in [0.05, 0.1) is 6.10 Å². The van der Waals surface area contributed by atoms with Gasteiger partial charge in [-0.2, -0.15) is 0 Å². The molecule has 0 bridgehead atoms. The van der Waals surface area contributed by atoms with Crippen LogP contribution in [0, 0.1) is 0 Å². The summed E-state index contributed by atoms with van der Waals surface area (Å²) in [4.78, 5) is 0. The standard InChI is InChI=1S/C10H20O6/c1-2-3-4-5(11)9-7(13)6(12)8(14)10(15)16-9/h5-15H,2-4H2,1H3/t5-,6+,7+,8-,9-,10?/m1/s1. The van der Waals surface area contributed by atoms with Gasteiger partial charge in [-0.3, -0.25) is 0 Å². The molecule has 1 aliphatic rings. The van der Waals surface area contributed by atoms with Crippen molar-refractivity contribution in [3.8, 4) is 0 Å². The molecule has 1 saturated heterocycles. The first-order valence-corrected chi connectivity index (χ1v) is 5.54. The molecule has 6 atom stereocenters. The van der Waals surface area contributed by atoms with Gasteiger partial charge in [0.1, 0.15) is 24.4 Å². The highest BCUT2D eigenvalue weighted by Crippen LogP contribution is 2.23. The highest BCUT2D eigenvalue weighted by atomic mass is 16.6. The second-order valence-corrected chi connectivity index (χ2v) is 4.17. The van der Waals surface area contributed by atoms with Gasteiger partial charge in [0.25, 0.3) is 0 Å². The first-order chi connectivity index (χ1) is 7.49. The molecule has 16 heavy (non-hydrogen) atoms. The Hall–Kier alpha value is -0.240. The normalized spacial score (nSPS) is 42.0. The van der Waals surface area contributed by atoms with Gasteiger partial charge < -0.3 is 30.3 Å². The van der Waals surface area contributed by atoms with E-state index in [9.17, 15) is 25.5 Å². The first kappa shape index (κ1) is 13.8. The summed E-state index contributed by atoms with van der Waals surface area (Å²) in [5, 5.41) is 47.2. The fourth-order valence-corrected chi connectivity index (χ4v) is 1.78. The minimum Gasteiger partial charge on any atom is -0.390 e. The first-order valence-electron chi connectivity index (χ1n) is 5.54. The molecule has 1 unspecified atom stereocenters. The predicted octanol–water partition coefficient (Wildman–Crippen LogP) is -1.66. The monoisotopic (exact) mass is 236 g/mol. The quantitative estimate of drug-likeness (QED) is 0.399. The van der Waals surface area contributed by atoms with Crippen molar-refractivity contribution in [2.75, 3.05) is 0 Å². The lowest BCUT2D eigenvalue weighted by Crippen LogP contribution is -2.60. The Balaban J connectivity index is 2.59. The maximum Gasteiger partial charge on any atom is 0.184 e. The molecule has 96 valence electrons. The summed E-state index contributed by atoms with van der Waals surface area (Å²) in [6, 6.07) is 0. The van der Waals surface area contributed by atoms with E-state index in [0.29, 0.717) is 6.42 Å². The van der Waals surface area contributed by atoms with E-state index < -0.39 is 36.8 Å². The maximum atomic E-state index is 9.71. The van der Waals surface area contributed by atoms with Crippen LogP contribution in [0.25, 0.3) is 0 Å². The summed E-state index contributed by atoms with van der Waals surface area (Å²) >= 11 is 0. The van der Waals surface area contributed by atoms with Gasteiger partial charge in [0.2, 0.25) is 0 Å². The smallest absolute Gasteiger partial charge is 0.184 e. The van der Waals surface area contributed by atoms with Gasteiger partial charge in [0, 0.05) is 0 Å². The van der Waals surface area contributed by atoms with Gasteiger partial charge in [-0.25, -0.2) is 0 Å². The van der Waals surface area contributed by atoms with Crippen molar-refractivity contribution in [1.82, 2.24) is 0 Å². The van der Waals surface area contributed by atoms with E-state index in [4.69, 9.17) is 4.74 Å². The summed E-state index contributed by atoms with van der Waals surface area (Å²) in [5.74, 6) is 0. The van der Waals surface area contributed by atoms with Crippen molar-refractivity contribution in [3.05, 3.63) is 0 Å². The molecule has 0 aliphatic carbocycles. The second-order valence-electron chi connectivity index (χ2n) is 4.17. The third-order valence-corrected chi connectivity index (χ3v) is 2.86. The summed E-state index contributed by atoms with van der Waals surface area (Å²) in [5.41, 5.74) is 0. The van der Waals surface area contributed by atoms with E-state index in [1.807, 2.05) is 6.92 Å². The molecule has 1 heterocycles. The SMILES string of the molecule is CCCC[C@@H](O)[C@H]1OC(O)[C@H](O)[C@@H](O)[C@@H]1O. The lowest BCUT2D eigenvalue weighted by molar-refractivity contribution is -0.297. The van der Waals surface area contributed by atoms with E-state index in [1.54, 1.807) is 0 Å². The minimum absolute atomic E-state index is 0.410. The molecule has 0 spiro atoms. The molecule has 1 fully saturated rings. The van der Waals surface area contributed by atoms with Crippen LogP contribution in [-0.2, 0) is 4.74 Å². The molecule has 5 N–H and O–H groups in total. The highest BCUT2D eigenvalue weighted by Gasteiger charge is 2.45. The average Bonchev–Trinajstić information content (AvgIpc) is 2.28. The number of aliphatic hydroxyl groups is 5. The Morgan fingerprint density at radius 1 is 1.06 bits per heavy atom. The van der Waals surface area contributed by atoms with Crippen LogP contribution in [0.1, 0.15) is 26.2 Å². The van der Waals surface area contributed by atoms with E-state index >= 15 is 0 Å². The summed E-state index contributed by atoms with van der Waals surface area (Å²) in [7, 11) is 0. The molecule has 1 rings (SSSR count). The Bertz CT molecular complexity index is 211. The number of hydrogen-bond acceptors (Lipinski definition) is 6. The van der Waals surface area contributed by atoms with E-state index in [1.165, 1.54) is 0 Å². The zero-order chi connectivity index (χ0) is 12.3. The number of ether oxygens (including phenoxy) is 1. The molecular formula is C10H20O6. The van der Waals surface area contributed by atoms with Crippen molar-refractivity contribution in [1.29, 1.82) is 0 Å². The van der Waals surface area contributed by atoms with Gasteiger partial charge in [-0.05, 0) is 6.42 Å². The third-order valence-electron chi connectivity index (χ3n) is 2.86. The molecule has 0 amide bonds. The van der Waals surface area contributed by atoms with Gasteiger partial charge in [0.15, 0.2) is 6.29 Å². The van der Waals surface area contributed by atoms with Crippen molar-refractivity contribution < 1.29 is 30.3 Å². The lowest BCUT2D eigenvalue weighted by Gasteiger charge is -2.40. The molecule has 6 nitrogen and oxygen atoms in total. The molecule has 1 aliphatic heterocycles. The fraction of sp³-hybridized carbons (Fsp3) is 1.00. The van der Waals surface area contributed by atoms with Crippen LogP contribution in [0.5, 0.6) is 0 Å². The van der Waals surface area contributed by atoms with Gasteiger partial charge in [-0.15, -0.1) is 0 Å². The van der Waals surface area contributed by atoms with E-state index in [-0.39, 0.29) is 0 Å².